The maximum Gasteiger partial charge on any atom is 0.167 e. The molecular weight excluding hydrogens is 749 g/mol. The van der Waals surface area contributed by atoms with Crippen molar-refractivity contribution in [3.8, 4) is 62.1 Å². The second-order valence-electron chi connectivity index (χ2n) is 15.9. The van der Waals surface area contributed by atoms with Gasteiger partial charge in [-0.25, -0.2) is 15.0 Å². The van der Waals surface area contributed by atoms with Crippen LogP contribution in [0.25, 0.3) is 139 Å². The van der Waals surface area contributed by atoms with E-state index in [9.17, 15) is 0 Å². The van der Waals surface area contributed by atoms with E-state index in [0.29, 0.717) is 17.5 Å². The van der Waals surface area contributed by atoms with Gasteiger partial charge in [0.1, 0.15) is 22.3 Å². The van der Waals surface area contributed by atoms with E-state index in [4.69, 9.17) is 23.8 Å². The predicted octanol–water partition coefficient (Wildman–Crippen LogP) is 14.6. The highest BCUT2D eigenvalue weighted by Gasteiger charge is 2.27. The van der Waals surface area contributed by atoms with Crippen LogP contribution in [0.5, 0.6) is 0 Å². The van der Waals surface area contributed by atoms with E-state index >= 15 is 0 Å². The first-order chi connectivity index (χ1) is 30.2. The van der Waals surface area contributed by atoms with Crippen molar-refractivity contribution >= 4 is 76.5 Å². The summed E-state index contributed by atoms with van der Waals surface area (Å²) in [6.07, 6.45) is 0. The first kappa shape index (κ1) is 32.6. The number of hydrogen-bond donors (Lipinski definition) is 0. The fourth-order valence-electron chi connectivity index (χ4n) is 10.0. The highest BCUT2D eigenvalue weighted by atomic mass is 16.3. The molecule has 6 heteroatoms. The molecule has 0 aliphatic heterocycles. The third kappa shape index (κ3) is 4.53. The summed E-state index contributed by atoms with van der Waals surface area (Å²) < 4.78 is 15.7. The van der Waals surface area contributed by atoms with Gasteiger partial charge in [-0.05, 0) is 69.4 Å². The highest BCUT2D eigenvalue weighted by Crippen LogP contribution is 2.50. The zero-order valence-corrected chi connectivity index (χ0v) is 32.4. The van der Waals surface area contributed by atoms with Gasteiger partial charge in [-0.2, -0.15) is 0 Å². The Bertz CT molecular complexity index is 4010. The van der Waals surface area contributed by atoms with Crippen molar-refractivity contribution in [3.63, 3.8) is 0 Å². The third-order valence-electron chi connectivity index (χ3n) is 12.6. The molecule has 9 aromatic carbocycles. The van der Waals surface area contributed by atoms with Crippen LogP contribution < -0.4 is 0 Å². The third-order valence-corrected chi connectivity index (χ3v) is 12.6. The summed E-state index contributed by atoms with van der Waals surface area (Å²) in [6, 6.07) is 63.7. The zero-order chi connectivity index (χ0) is 39.8. The van der Waals surface area contributed by atoms with Crippen LogP contribution in [0.3, 0.4) is 0 Å². The minimum absolute atomic E-state index is 0.529. The highest BCUT2D eigenvalue weighted by molar-refractivity contribution is 6.30. The Morgan fingerprint density at radius 2 is 0.951 bits per heavy atom. The number of hydrogen-bond acceptors (Lipinski definition) is 5. The molecule has 0 saturated carbocycles. The fraction of sp³-hybridized carbons (Fsp3) is 0. The molecule has 14 rings (SSSR count). The second-order valence-corrected chi connectivity index (χ2v) is 15.9. The van der Waals surface area contributed by atoms with E-state index in [1.807, 2.05) is 72.8 Å². The lowest BCUT2D eigenvalue weighted by atomic mass is 9.93. The van der Waals surface area contributed by atoms with Gasteiger partial charge in [-0.1, -0.05) is 140 Å². The van der Waals surface area contributed by atoms with Crippen molar-refractivity contribution < 1.29 is 8.83 Å². The first-order valence-electron chi connectivity index (χ1n) is 20.5. The van der Waals surface area contributed by atoms with E-state index in [1.54, 1.807) is 0 Å². The molecule has 0 unspecified atom stereocenters. The summed E-state index contributed by atoms with van der Waals surface area (Å²) in [5.74, 6) is 1.64. The lowest BCUT2D eigenvalue weighted by molar-refractivity contribution is 0.668. The Morgan fingerprint density at radius 3 is 1.79 bits per heavy atom. The van der Waals surface area contributed by atoms with Gasteiger partial charge in [-0.15, -0.1) is 0 Å². The molecule has 0 fully saturated rings. The molecular formula is C55H30N4O2. The van der Waals surface area contributed by atoms with Crippen molar-refractivity contribution in [3.05, 3.63) is 182 Å². The van der Waals surface area contributed by atoms with Gasteiger partial charge < -0.3 is 13.4 Å². The standard InChI is InChI=1S/C55H30N4O2/c1-2-13-32(14-3-1)53-56-54(41-23-11-22-39-36-18-6-8-25-45(36)61-52(39)41)58-55(57-53)42-29-33(30-47-49(42)40-19-7-9-26-46(40)60-47)59-43-24-12-21-38-35-17-5-4-16-34(35)37-20-10-15-31-27-28-44(59)51(48(31)37)50(38)43/h1-30H. The van der Waals surface area contributed by atoms with Crippen molar-refractivity contribution in [2.75, 3.05) is 0 Å². The summed E-state index contributed by atoms with van der Waals surface area (Å²) >= 11 is 0. The van der Waals surface area contributed by atoms with Gasteiger partial charge in [0.15, 0.2) is 17.5 Å². The monoisotopic (exact) mass is 778 g/mol. The lowest BCUT2D eigenvalue weighted by Crippen LogP contribution is -2.02. The number of nitrogens with zero attached hydrogens (tertiary/aromatic N) is 4. The number of fused-ring (bicyclic) bond motifs is 9. The average Bonchev–Trinajstić information content (AvgIpc) is 3.98. The van der Waals surface area contributed by atoms with E-state index in [-0.39, 0.29) is 0 Å². The molecule has 6 nitrogen and oxygen atoms in total. The van der Waals surface area contributed by atoms with Crippen LogP contribution >= 0.6 is 0 Å². The molecule has 0 atom stereocenters. The Hall–Kier alpha value is -8.35. The molecule has 1 aliphatic rings. The normalized spacial score (nSPS) is 12.3. The van der Waals surface area contributed by atoms with Gasteiger partial charge in [0, 0.05) is 49.5 Å². The molecule has 0 bridgehead atoms. The minimum atomic E-state index is 0.529. The zero-order valence-electron chi connectivity index (χ0n) is 32.4. The SMILES string of the molecule is c1ccc(-c2nc(-c3cccc4c3oc3ccccc34)nc(-c3cc(-n4c5cccc6c5c5c7c(cccc7ccc54)-c4ccccc4-6)cc4oc5ccccc5c34)n2)cc1. The molecule has 4 aromatic heterocycles. The fourth-order valence-corrected chi connectivity index (χ4v) is 10.0. The van der Waals surface area contributed by atoms with Crippen LogP contribution in [0, 0.1) is 0 Å². The minimum Gasteiger partial charge on any atom is -0.456 e. The van der Waals surface area contributed by atoms with Gasteiger partial charge in [0.2, 0.25) is 0 Å². The van der Waals surface area contributed by atoms with Crippen LogP contribution in [0.1, 0.15) is 0 Å². The van der Waals surface area contributed by atoms with Gasteiger partial charge in [0.25, 0.3) is 0 Å². The Balaban J connectivity index is 1.10. The average molecular weight is 779 g/mol. The van der Waals surface area contributed by atoms with Gasteiger partial charge in [0.05, 0.1) is 22.3 Å². The molecule has 13 aromatic rings. The van der Waals surface area contributed by atoms with E-state index in [0.717, 1.165) is 77.3 Å². The Morgan fingerprint density at radius 1 is 0.344 bits per heavy atom. The van der Waals surface area contributed by atoms with E-state index < -0.39 is 0 Å². The van der Waals surface area contributed by atoms with E-state index in [1.165, 1.54) is 43.8 Å². The summed E-state index contributed by atoms with van der Waals surface area (Å²) in [5, 5.41) is 8.96. The van der Waals surface area contributed by atoms with Crippen molar-refractivity contribution in [1.82, 2.24) is 19.5 Å². The van der Waals surface area contributed by atoms with E-state index in [2.05, 4.69) is 114 Å². The maximum atomic E-state index is 6.77. The topological polar surface area (TPSA) is 69.9 Å². The molecule has 0 N–H and O–H groups in total. The molecule has 0 radical (unpaired) electrons. The van der Waals surface area contributed by atoms with Gasteiger partial charge >= 0.3 is 0 Å². The van der Waals surface area contributed by atoms with Crippen molar-refractivity contribution in [2.24, 2.45) is 0 Å². The quantitative estimate of drug-likeness (QED) is 0.178. The number of furan rings is 2. The maximum absolute atomic E-state index is 6.77. The molecule has 1 aliphatic carbocycles. The van der Waals surface area contributed by atoms with Crippen LogP contribution in [0.4, 0.5) is 0 Å². The molecule has 282 valence electrons. The van der Waals surface area contributed by atoms with Crippen molar-refractivity contribution in [2.45, 2.75) is 0 Å². The largest absolute Gasteiger partial charge is 0.456 e. The van der Waals surface area contributed by atoms with Crippen LogP contribution in [-0.4, -0.2) is 19.5 Å². The first-order valence-corrected chi connectivity index (χ1v) is 20.5. The second kappa shape index (κ2) is 12.1. The van der Waals surface area contributed by atoms with Crippen molar-refractivity contribution in [1.29, 1.82) is 0 Å². The summed E-state index contributed by atoms with van der Waals surface area (Å²) in [6.45, 7) is 0. The molecule has 0 amide bonds. The number of aromatic nitrogens is 4. The summed E-state index contributed by atoms with van der Waals surface area (Å²) in [7, 11) is 0. The molecule has 0 saturated heterocycles. The van der Waals surface area contributed by atoms with Crippen LogP contribution in [0.2, 0.25) is 0 Å². The number of para-hydroxylation sites is 3. The van der Waals surface area contributed by atoms with Gasteiger partial charge in [-0.3, -0.25) is 0 Å². The lowest BCUT2D eigenvalue weighted by Gasteiger charge is -2.15. The summed E-state index contributed by atoms with van der Waals surface area (Å²) in [5.41, 5.74) is 13.8. The summed E-state index contributed by atoms with van der Waals surface area (Å²) in [4.78, 5) is 15.8. The molecule has 61 heavy (non-hydrogen) atoms. The smallest absolute Gasteiger partial charge is 0.167 e. The van der Waals surface area contributed by atoms with Crippen LogP contribution in [0.15, 0.2) is 191 Å². The molecule has 4 heterocycles. The van der Waals surface area contributed by atoms with Crippen LogP contribution in [-0.2, 0) is 0 Å². The Labute approximate surface area is 347 Å². The Kier molecular flexibility index (Phi) is 6.46. The number of benzene rings is 9. The number of rotatable bonds is 4. The predicted molar refractivity (Wildman–Crippen MR) is 247 cm³/mol. The molecule has 0 spiro atoms.